The van der Waals surface area contributed by atoms with Crippen molar-refractivity contribution in [2.75, 3.05) is 0 Å². The first-order chi connectivity index (χ1) is 9.40. The van der Waals surface area contributed by atoms with Gasteiger partial charge in [-0.3, -0.25) is 0 Å². The molecule has 1 aliphatic carbocycles. The Labute approximate surface area is 114 Å². The fraction of sp³-hybridized carbons (Fsp3) is 0.571. The molecule has 2 nitrogen and oxygen atoms in total. The standard InChI is InChI=1S/C14H17F4NO/c15-13(16)14(17,18)20-11-7-5-10(6-8-11)12(19)9-3-1-2-4-9/h5-9,12-13H,1-4,19H2/t12-/m0/s1. The highest BCUT2D eigenvalue weighted by Gasteiger charge is 2.43. The molecular formula is C14H17F4NO. The minimum absolute atomic E-state index is 0.151. The third-order valence-electron chi connectivity index (χ3n) is 3.68. The van der Waals surface area contributed by atoms with Crippen molar-refractivity contribution >= 4 is 0 Å². The molecule has 0 radical (unpaired) electrons. The van der Waals surface area contributed by atoms with E-state index in [4.69, 9.17) is 5.73 Å². The van der Waals surface area contributed by atoms with Gasteiger partial charge in [0, 0.05) is 6.04 Å². The number of hydrogen-bond acceptors (Lipinski definition) is 2. The summed E-state index contributed by atoms with van der Waals surface area (Å²) in [4.78, 5) is 0. The van der Waals surface area contributed by atoms with E-state index in [0.717, 1.165) is 31.2 Å². The predicted octanol–water partition coefficient (Wildman–Crippen LogP) is 4.11. The molecule has 0 bridgehead atoms. The van der Waals surface area contributed by atoms with Crippen LogP contribution in [0.5, 0.6) is 5.75 Å². The summed E-state index contributed by atoms with van der Waals surface area (Å²) in [6.07, 6.45) is -3.91. The molecule has 112 valence electrons. The van der Waals surface area contributed by atoms with Gasteiger partial charge in [0.25, 0.3) is 0 Å². The fourth-order valence-electron chi connectivity index (χ4n) is 2.55. The highest BCUT2D eigenvalue weighted by atomic mass is 19.3. The third-order valence-corrected chi connectivity index (χ3v) is 3.68. The molecule has 6 heteroatoms. The average Bonchev–Trinajstić information content (AvgIpc) is 2.92. The van der Waals surface area contributed by atoms with E-state index in [2.05, 4.69) is 4.74 Å². The van der Waals surface area contributed by atoms with Gasteiger partial charge in [0.15, 0.2) is 0 Å². The fourth-order valence-corrected chi connectivity index (χ4v) is 2.55. The van der Waals surface area contributed by atoms with Gasteiger partial charge in [0.2, 0.25) is 0 Å². The van der Waals surface area contributed by atoms with Gasteiger partial charge in [0.05, 0.1) is 0 Å². The van der Waals surface area contributed by atoms with Crippen molar-refractivity contribution in [1.82, 2.24) is 0 Å². The molecular weight excluding hydrogens is 274 g/mol. The van der Waals surface area contributed by atoms with Crippen LogP contribution in [-0.2, 0) is 0 Å². The lowest BCUT2D eigenvalue weighted by molar-refractivity contribution is -0.253. The monoisotopic (exact) mass is 291 g/mol. The van der Waals surface area contributed by atoms with Crippen LogP contribution in [0.15, 0.2) is 24.3 Å². The van der Waals surface area contributed by atoms with Crippen molar-refractivity contribution in [3.05, 3.63) is 29.8 Å². The summed E-state index contributed by atoms with van der Waals surface area (Å²) in [7, 11) is 0. The lowest BCUT2D eigenvalue weighted by Gasteiger charge is -2.20. The summed E-state index contributed by atoms with van der Waals surface area (Å²) < 4.78 is 53.5. The Kier molecular flexibility index (Phi) is 4.52. The zero-order valence-corrected chi connectivity index (χ0v) is 10.9. The first kappa shape index (κ1) is 15.1. The number of alkyl halides is 4. The largest absolute Gasteiger partial charge is 0.461 e. The zero-order chi connectivity index (χ0) is 14.8. The number of rotatable bonds is 5. The Morgan fingerprint density at radius 2 is 1.65 bits per heavy atom. The number of nitrogens with two attached hydrogens (primary N) is 1. The van der Waals surface area contributed by atoms with Crippen LogP contribution < -0.4 is 10.5 Å². The second-order valence-corrected chi connectivity index (χ2v) is 5.10. The Morgan fingerprint density at radius 3 is 2.15 bits per heavy atom. The van der Waals surface area contributed by atoms with E-state index in [1.165, 1.54) is 12.1 Å². The normalized spacial score (nSPS) is 18.5. The lowest BCUT2D eigenvalue weighted by atomic mass is 9.92. The molecule has 2 rings (SSSR count). The summed E-state index contributed by atoms with van der Waals surface area (Å²) >= 11 is 0. The van der Waals surface area contributed by atoms with Crippen molar-refractivity contribution in [2.45, 2.75) is 44.3 Å². The molecule has 1 atom stereocenters. The Morgan fingerprint density at radius 1 is 1.10 bits per heavy atom. The minimum Gasteiger partial charge on any atom is -0.428 e. The van der Waals surface area contributed by atoms with E-state index < -0.39 is 12.5 Å². The highest BCUT2D eigenvalue weighted by molar-refractivity contribution is 5.29. The van der Waals surface area contributed by atoms with Gasteiger partial charge in [-0.25, -0.2) is 0 Å². The Balaban J connectivity index is 2.02. The average molecular weight is 291 g/mol. The third kappa shape index (κ3) is 3.42. The second-order valence-electron chi connectivity index (χ2n) is 5.10. The van der Waals surface area contributed by atoms with Crippen molar-refractivity contribution in [3.8, 4) is 5.75 Å². The smallest absolute Gasteiger partial charge is 0.428 e. The summed E-state index contributed by atoms with van der Waals surface area (Å²) in [5.74, 6) is 0.0990. The molecule has 1 aromatic rings. The summed E-state index contributed by atoms with van der Waals surface area (Å²) in [5.41, 5.74) is 6.93. The van der Waals surface area contributed by atoms with Crippen molar-refractivity contribution in [3.63, 3.8) is 0 Å². The van der Waals surface area contributed by atoms with Gasteiger partial charge in [-0.15, -0.1) is 0 Å². The molecule has 2 N–H and O–H groups in total. The zero-order valence-electron chi connectivity index (χ0n) is 10.9. The van der Waals surface area contributed by atoms with E-state index in [1.807, 2.05) is 0 Å². The van der Waals surface area contributed by atoms with E-state index in [1.54, 1.807) is 12.1 Å². The quantitative estimate of drug-likeness (QED) is 0.828. The molecule has 0 heterocycles. The van der Waals surface area contributed by atoms with E-state index in [-0.39, 0.29) is 11.8 Å². The number of hydrogen-bond donors (Lipinski definition) is 1. The van der Waals surface area contributed by atoms with Crippen molar-refractivity contribution in [1.29, 1.82) is 0 Å². The predicted molar refractivity (Wildman–Crippen MR) is 66.9 cm³/mol. The van der Waals surface area contributed by atoms with Gasteiger partial charge < -0.3 is 10.5 Å². The highest BCUT2D eigenvalue weighted by Crippen LogP contribution is 2.35. The van der Waals surface area contributed by atoms with Crippen LogP contribution in [-0.4, -0.2) is 12.5 Å². The Hall–Kier alpha value is -1.30. The van der Waals surface area contributed by atoms with Crippen LogP contribution in [0.25, 0.3) is 0 Å². The van der Waals surface area contributed by atoms with Gasteiger partial charge in [-0.05, 0) is 36.5 Å². The number of benzene rings is 1. The second kappa shape index (κ2) is 5.99. The molecule has 20 heavy (non-hydrogen) atoms. The molecule has 1 aromatic carbocycles. The molecule has 0 aromatic heterocycles. The first-order valence-electron chi connectivity index (χ1n) is 6.60. The molecule has 1 saturated carbocycles. The van der Waals surface area contributed by atoms with Crippen LogP contribution >= 0.6 is 0 Å². The Bertz CT molecular complexity index is 429. The molecule has 0 spiro atoms. The first-order valence-corrected chi connectivity index (χ1v) is 6.60. The molecule has 0 aliphatic heterocycles. The summed E-state index contributed by atoms with van der Waals surface area (Å²) in [6.45, 7) is 0. The van der Waals surface area contributed by atoms with Gasteiger partial charge in [0.1, 0.15) is 5.75 Å². The van der Waals surface area contributed by atoms with E-state index >= 15 is 0 Å². The van der Waals surface area contributed by atoms with Gasteiger partial charge in [-0.1, -0.05) is 25.0 Å². The summed E-state index contributed by atoms with van der Waals surface area (Å²) in [5, 5.41) is 0. The maximum atomic E-state index is 12.7. The van der Waals surface area contributed by atoms with Crippen molar-refractivity contribution < 1.29 is 22.3 Å². The SMILES string of the molecule is N[C@H](c1ccc(OC(F)(F)C(F)F)cc1)C1CCCC1. The number of ether oxygens (including phenoxy) is 1. The molecule has 0 amide bonds. The molecule has 1 fully saturated rings. The lowest BCUT2D eigenvalue weighted by Crippen LogP contribution is -2.33. The maximum absolute atomic E-state index is 12.7. The van der Waals surface area contributed by atoms with E-state index in [0.29, 0.717) is 5.92 Å². The van der Waals surface area contributed by atoms with Crippen molar-refractivity contribution in [2.24, 2.45) is 11.7 Å². The minimum atomic E-state index is -4.48. The van der Waals surface area contributed by atoms with Gasteiger partial charge in [-0.2, -0.15) is 17.6 Å². The molecule has 1 aliphatic rings. The maximum Gasteiger partial charge on any atom is 0.461 e. The van der Waals surface area contributed by atoms with E-state index in [9.17, 15) is 17.6 Å². The molecule has 0 saturated heterocycles. The molecule has 0 unspecified atom stereocenters. The van der Waals surface area contributed by atoms with Crippen LogP contribution in [0.3, 0.4) is 0 Å². The van der Waals surface area contributed by atoms with Crippen LogP contribution in [0.1, 0.15) is 37.3 Å². The topological polar surface area (TPSA) is 35.2 Å². The van der Waals surface area contributed by atoms with Crippen LogP contribution in [0, 0.1) is 5.92 Å². The van der Waals surface area contributed by atoms with Gasteiger partial charge >= 0.3 is 12.5 Å². The summed E-state index contributed by atoms with van der Waals surface area (Å²) in [6, 6.07) is 5.46. The van der Waals surface area contributed by atoms with Crippen LogP contribution in [0.2, 0.25) is 0 Å². The van der Waals surface area contributed by atoms with Crippen LogP contribution in [0.4, 0.5) is 17.6 Å². The number of halogens is 4.